The Hall–Kier alpha value is -4.13. The van der Waals surface area contributed by atoms with E-state index in [1.165, 1.54) is 17.5 Å². The van der Waals surface area contributed by atoms with E-state index in [9.17, 15) is 19.5 Å². The summed E-state index contributed by atoms with van der Waals surface area (Å²) in [7, 11) is 1.51. The van der Waals surface area contributed by atoms with Crippen LogP contribution in [0.4, 0.5) is 16.2 Å². The van der Waals surface area contributed by atoms with E-state index in [0.29, 0.717) is 11.3 Å². The van der Waals surface area contributed by atoms with Crippen molar-refractivity contribution < 1.29 is 19.5 Å². The van der Waals surface area contributed by atoms with Crippen LogP contribution in [0.1, 0.15) is 36.7 Å². The van der Waals surface area contributed by atoms with Crippen molar-refractivity contribution in [2.24, 2.45) is 5.92 Å². The number of carbonyl (C=O) groups excluding carboxylic acids is 2. The van der Waals surface area contributed by atoms with Crippen molar-refractivity contribution in [3.05, 3.63) is 83.9 Å². The van der Waals surface area contributed by atoms with Crippen LogP contribution in [0.25, 0.3) is 11.1 Å². The first-order valence-electron chi connectivity index (χ1n) is 11.6. The molecule has 1 atom stereocenters. The number of nitrogens with zero attached hydrogens (tertiary/aromatic N) is 1. The highest BCUT2D eigenvalue weighted by molar-refractivity contribution is 6.00. The van der Waals surface area contributed by atoms with E-state index in [-0.39, 0.29) is 17.9 Å². The van der Waals surface area contributed by atoms with Gasteiger partial charge in [0.1, 0.15) is 6.04 Å². The third-order valence-electron chi connectivity index (χ3n) is 5.85. The zero-order valence-electron chi connectivity index (χ0n) is 20.4. The maximum Gasteiger partial charge on any atom is 0.326 e. The second kappa shape index (κ2) is 11.3. The van der Waals surface area contributed by atoms with Gasteiger partial charge in [0, 0.05) is 24.0 Å². The standard InChI is InChI=1S/C28H31N3O4/c1-5-19-6-14-23(15-7-19)29-28(35)30-24-16-12-21(13-17-24)20-8-10-22(11-9-20)26(32)31(4)25(18(2)3)27(33)34/h6-18,25H,5H2,1-4H3,(H,33,34)(H2,29,30,35)/t25-/m0/s1. The highest BCUT2D eigenvalue weighted by Gasteiger charge is 2.30. The van der Waals surface area contributed by atoms with E-state index in [1.807, 2.05) is 60.7 Å². The number of aliphatic carboxylic acids is 1. The van der Waals surface area contributed by atoms with Gasteiger partial charge in [-0.15, -0.1) is 0 Å². The van der Waals surface area contributed by atoms with Crippen LogP contribution in [0.15, 0.2) is 72.8 Å². The molecule has 3 amide bonds. The average Bonchev–Trinajstić information content (AvgIpc) is 2.84. The second-order valence-corrected chi connectivity index (χ2v) is 8.73. The molecular weight excluding hydrogens is 442 g/mol. The van der Waals surface area contributed by atoms with E-state index in [2.05, 4.69) is 17.6 Å². The summed E-state index contributed by atoms with van der Waals surface area (Å²) in [5.41, 5.74) is 4.82. The number of aryl methyl sites for hydroxylation is 1. The molecule has 0 bridgehead atoms. The Morgan fingerprint density at radius 3 is 1.69 bits per heavy atom. The molecule has 0 saturated heterocycles. The predicted molar refractivity (Wildman–Crippen MR) is 139 cm³/mol. The molecule has 0 unspecified atom stereocenters. The summed E-state index contributed by atoms with van der Waals surface area (Å²) in [5, 5.41) is 15.1. The lowest BCUT2D eigenvalue weighted by Crippen LogP contribution is -2.45. The zero-order chi connectivity index (χ0) is 25.5. The summed E-state index contributed by atoms with van der Waals surface area (Å²) in [6.07, 6.45) is 0.943. The van der Waals surface area contributed by atoms with E-state index in [4.69, 9.17) is 0 Å². The molecule has 7 heteroatoms. The number of benzene rings is 3. The van der Waals surface area contributed by atoms with Gasteiger partial charge in [0.25, 0.3) is 5.91 Å². The van der Waals surface area contributed by atoms with Crippen molar-refractivity contribution in [1.29, 1.82) is 0 Å². The number of rotatable bonds is 8. The summed E-state index contributed by atoms with van der Waals surface area (Å²) in [6.45, 7) is 5.63. The summed E-state index contributed by atoms with van der Waals surface area (Å²) in [5.74, 6) is -1.58. The van der Waals surface area contributed by atoms with Crippen molar-refractivity contribution in [2.75, 3.05) is 17.7 Å². The molecule has 0 heterocycles. The molecule has 0 radical (unpaired) electrons. The molecule has 0 saturated carbocycles. The highest BCUT2D eigenvalue weighted by atomic mass is 16.4. The molecule has 0 aliphatic carbocycles. The largest absolute Gasteiger partial charge is 0.480 e. The molecule has 0 fully saturated rings. The summed E-state index contributed by atoms with van der Waals surface area (Å²) in [6, 6.07) is 20.9. The lowest BCUT2D eigenvalue weighted by Gasteiger charge is -2.27. The molecule has 3 N–H and O–H groups in total. The molecule has 35 heavy (non-hydrogen) atoms. The maximum absolute atomic E-state index is 12.8. The normalized spacial score (nSPS) is 11.6. The van der Waals surface area contributed by atoms with Gasteiger partial charge >= 0.3 is 12.0 Å². The first kappa shape index (κ1) is 25.5. The summed E-state index contributed by atoms with van der Waals surface area (Å²) < 4.78 is 0. The van der Waals surface area contributed by atoms with Crippen molar-refractivity contribution in [2.45, 2.75) is 33.2 Å². The Kier molecular flexibility index (Phi) is 8.25. The number of likely N-dealkylation sites (N-methyl/N-ethyl adjacent to an activating group) is 1. The number of carbonyl (C=O) groups is 3. The van der Waals surface area contributed by atoms with Crippen LogP contribution in [0.2, 0.25) is 0 Å². The lowest BCUT2D eigenvalue weighted by atomic mass is 10.0. The minimum atomic E-state index is -1.02. The number of carboxylic acid groups (broad SMARTS) is 1. The zero-order valence-corrected chi connectivity index (χ0v) is 20.4. The van der Waals surface area contributed by atoms with Gasteiger partial charge in [-0.2, -0.15) is 0 Å². The van der Waals surface area contributed by atoms with Crippen LogP contribution in [-0.2, 0) is 11.2 Å². The minimum Gasteiger partial charge on any atom is -0.480 e. The van der Waals surface area contributed by atoms with Crippen LogP contribution in [0, 0.1) is 5.92 Å². The van der Waals surface area contributed by atoms with Crippen molar-refractivity contribution in [1.82, 2.24) is 4.90 Å². The van der Waals surface area contributed by atoms with Gasteiger partial charge < -0.3 is 20.6 Å². The van der Waals surface area contributed by atoms with Gasteiger partial charge in [-0.1, -0.05) is 57.2 Å². The molecule has 7 nitrogen and oxygen atoms in total. The average molecular weight is 474 g/mol. The number of urea groups is 1. The predicted octanol–water partition coefficient (Wildman–Crippen LogP) is 5.74. The molecule has 0 spiro atoms. The van der Waals surface area contributed by atoms with Crippen LogP contribution < -0.4 is 10.6 Å². The van der Waals surface area contributed by atoms with Gasteiger partial charge in [0.15, 0.2) is 0 Å². The molecule has 3 aromatic rings. The second-order valence-electron chi connectivity index (χ2n) is 8.73. The van der Waals surface area contributed by atoms with Gasteiger partial charge in [0.05, 0.1) is 0 Å². The Balaban J connectivity index is 1.63. The number of hydrogen-bond donors (Lipinski definition) is 3. The molecule has 3 rings (SSSR count). The highest BCUT2D eigenvalue weighted by Crippen LogP contribution is 2.23. The SMILES string of the molecule is CCc1ccc(NC(=O)Nc2ccc(-c3ccc(C(=O)N(C)[C@H](C(=O)O)C(C)C)cc3)cc2)cc1. The molecule has 0 aromatic heterocycles. The maximum atomic E-state index is 12.8. The Morgan fingerprint density at radius 2 is 1.26 bits per heavy atom. The summed E-state index contributed by atoms with van der Waals surface area (Å²) >= 11 is 0. The fourth-order valence-electron chi connectivity index (χ4n) is 3.90. The lowest BCUT2D eigenvalue weighted by molar-refractivity contribution is -0.143. The molecular formula is C28H31N3O4. The first-order chi connectivity index (χ1) is 16.7. The number of hydrogen-bond acceptors (Lipinski definition) is 3. The van der Waals surface area contributed by atoms with Crippen molar-refractivity contribution in [3.8, 4) is 11.1 Å². The summed E-state index contributed by atoms with van der Waals surface area (Å²) in [4.78, 5) is 37.9. The van der Waals surface area contributed by atoms with Crippen LogP contribution in [-0.4, -0.2) is 41.0 Å². The first-order valence-corrected chi connectivity index (χ1v) is 11.6. The Labute approximate surface area is 205 Å². The number of anilines is 2. The van der Waals surface area contributed by atoms with E-state index in [1.54, 1.807) is 26.0 Å². The van der Waals surface area contributed by atoms with Crippen molar-refractivity contribution >= 4 is 29.3 Å². The third kappa shape index (κ3) is 6.47. The molecule has 3 aromatic carbocycles. The quantitative estimate of drug-likeness (QED) is 0.388. The number of amides is 3. The van der Waals surface area contributed by atoms with Crippen LogP contribution >= 0.6 is 0 Å². The van der Waals surface area contributed by atoms with Crippen LogP contribution in [0.3, 0.4) is 0 Å². The van der Waals surface area contributed by atoms with E-state index < -0.39 is 12.0 Å². The fraction of sp³-hybridized carbons (Fsp3) is 0.250. The van der Waals surface area contributed by atoms with Gasteiger partial charge in [0.2, 0.25) is 0 Å². The smallest absolute Gasteiger partial charge is 0.326 e. The fourth-order valence-corrected chi connectivity index (χ4v) is 3.90. The van der Waals surface area contributed by atoms with E-state index >= 15 is 0 Å². The molecule has 0 aliphatic rings. The molecule has 182 valence electrons. The third-order valence-corrected chi connectivity index (χ3v) is 5.85. The van der Waals surface area contributed by atoms with Crippen molar-refractivity contribution in [3.63, 3.8) is 0 Å². The Bertz CT molecular complexity index is 1170. The number of nitrogens with one attached hydrogen (secondary N) is 2. The number of carboxylic acids is 1. The molecule has 0 aliphatic heterocycles. The van der Waals surface area contributed by atoms with Gasteiger partial charge in [-0.3, -0.25) is 4.79 Å². The van der Waals surface area contributed by atoms with E-state index in [0.717, 1.165) is 23.2 Å². The topological polar surface area (TPSA) is 98.7 Å². The van der Waals surface area contributed by atoms with Gasteiger partial charge in [-0.25, -0.2) is 9.59 Å². The van der Waals surface area contributed by atoms with Crippen LogP contribution in [0.5, 0.6) is 0 Å². The monoisotopic (exact) mass is 473 g/mol. The van der Waals surface area contributed by atoms with Gasteiger partial charge in [-0.05, 0) is 65.4 Å². The Morgan fingerprint density at radius 1 is 0.800 bits per heavy atom. The minimum absolute atomic E-state index is 0.212.